The lowest BCUT2D eigenvalue weighted by molar-refractivity contribution is 0.0546. The summed E-state index contributed by atoms with van der Waals surface area (Å²) >= 11 is 3.42. The summed E-state index contributed by atoms with van der Waals surface area (Å²) in [6.07, 6.45) is 0.818. The topological polar surface area (TPSA) is 67.7 Å². The van der Waals surface area contributed by atoms with Crippen molar-refractivity contribution in [1.29, 1.82) is 0 Å². The number of hydrogen-bond acceptors (Lipinski definition) is 5. The molecule has 1 fully saturated rings. The Morgan fingerprint density at radius 1 is 1.09 bits per heavy atom. The third kappa shape index (κ3) is 5.03. The Morgan fingerprint density at radius 2 is 1.79 bits per heavy atom. The van der Waals surface area contributed by atoms with Crippen molar-refractivity contribution in [3.05, 3.63) is 74.7 Å². The quantitative estimate of drug-likeness (QED) is 0.482. The number of nitrogens with zero attached hydrogens (tertiary/aromatic N) is 4. The molecule has 0 bridgehead atoms. The summed E-state index contributed by atoms with van der Waals surface area (Å²) in [6, 6.07) is 15.0. The Hall–Kier alpha value is -2.55. The van der Waals surface area contributed by atoms with E-state index in [1.54, 1.807) is 11.7 Å². The zero-order chi connectivity index (χ0) is 23.4. The van der Waals surface area contributed by atoms with Crippen LogP contribution in [0.1, 0.15) is 35.6 Å². The van der Waals surface area contributed by atoms with Crippen molar-refractivity contribution in [2.45, 2.75) is 25.9 Å². The predicted molar refractivity (Wildman–Crippen MR) is 133 cm³/mol. The smallest absolute Gasteiger partial charge is 0.261 e. The second kappa shape index (κ2) is 10.6. The minimum absolute atomic E-state index is 0.0101. The van der Waals surface area contributed by atoms with Gasteiger partial charge in [0.2, 0.25) is 0 Å². The van der Waals surface area contributed by atoms with Crippen LogP contribution in [0.15, 0.2) is 57.8 Å². The standard InChI is InChI=1S/C25H29BrN4O3/c1-3-22(23-27-21-7-5-4-6-20(21)25(32)30(23)16-17-33-2)28-12-14-29(15-13-28)24(31)18-8-10-19(26)11-9-18/h4-11,22H,3,12-17H2,1-2H3. The summed E-state index contributed by atoms with van der Waals surface area (Å²) in [5.41, 5.74) is 1.38. The number of amides is 1. The second-order valence-electron chi connectivity index (χ2n) is 8.20. The van der Waals surface area contributed by atoms with Crippen LogP contribution in [-0.4, -0.2) is 65.2 Å². The molecule has 0 spiro atoms. The first kappa shape index (κ1) is 23.6. The lowest BCUT2D eigenvalue weighted by Gasteiger charge is -2.39. The molecule has 0 saturated carbocycles. The first-order valence-corrected chi connectivity index (χ1v) is 12.1. The van der Waals surface area contributed by atoms with Crippen LogP contribution < -0.4 is 5.56 Å². The van der Waals surface area contributed by atoms with Gasteiger partial charge in [0.25, 0.3) is 11.5 Å². The number of aromatic nitrogens is 2. The number of methoxy groups -OCH3 is 1. The van der Waals surface area contributed by atoms with E-state index in [1.165, 1.54) is 0 Å². The number of benzene rings is 2. The van der Waals surface area contributed by atoms with Gasteiger partial charge in [0, 0.05) is 43.3 Å². The van der Waals surface area contributed by atoms with E-state index in [1.807, 2.05) is 53.4 Å². The maximum atomic E-state index is 13.3. The summed E-state index contributed by atoms with van der Waals surface area (Å²) < 4.78 is 7.99. The maximum Gasteiger partial charge on any atom is 0.261 e. The highest BCUT2D eigenvalue weighted by molar-refractivity contribution is 9.10. The van der Waals surface area contributed by atoms with Gasteiger partial charge in [-0.05, 0) is 42.8 Å². The first-order chi connectivity index (χ1) is 16.0. The molecule has 1 atom stereocenters. The zero-order valence-corrected chi connectivity index (χ0v) is 20.6. The molecule has 7 nitrogen and oxygen atoms in total. The SMILES string of the molecule is CCC(c1nc2ccccc2c(=O)n1CCOC)N1CCN(C(=O)c2ccc(Br)cc2)CC1. The van der Waals surface area contributed by atoms with Gasteiger partial charge in [0.1, 0.15) is 5.82 Å². The van der Waals surface area contributed by atoms with E-state index in [0.717, 1.165) is 29.8 Å². The van der Waals surface area contributed by atoms with Gasteiger partial charge in [0.05, 0.1) is 30.1 Å². The van der Waals surface area contributed by atoms with E-state index in [9.17, 15) is 9.59 Å². The molecule has 33 heavy (non-hydrogen) atoms. The molecule has 1 unspecified atom stereocenters. The Morgan fingerprint density at radius 3 is 2.45 bits per heavy atom. The number of rotatable bonds is 7. The van der Waals surface area contributed by atoms with Crippen LogP contribution in [0.5, 0.6) is 0 Å². The van der Waals surface area contributed by atoms with Crippen LogP contribution in [0, 0.1) is 0 Å². The molecule has 0 N–H and O–H groups in total. The summed E-state index contributed by atoms with van der Waals surface area (Å²) in [4.78, 5) is 35.3. The molecule has 0 radical (unpaired) electrons. The van der Waals surface area contributed by atoms with E-state index in [0.29, 0.717) is 42.7 Å². The molecule has 1 saturated heterocycles. The number of fused-ring (bicyclic) bond motifs is 1. The highest BCUT2D eigenvalue weighted by atomic mass is 79.9. The van der Waals surface area contributed by atoms with Gasteiger partial charge in [-0.25, -0.2) is 4.98 Å². The van der Waals surface area contributed by atoms with Crippen molar-refractivity contribution in [1.82, 2.24) is 19.4 Å². The summed E-state index contributed by atoms with van der Waals surface area (Å²) in [6.45, 7) is 5.76. The first-order valence-electron chi connectivity index (χ1n) is 11.3. The van der Waals surface area contributed by atoms with Crippen molar-refractivity contribution >= 4 is 32.7 Å². The fourth-order valence-electron chi connectivity index (χ4n) is 4.45. The maximum absolute atomic E-state index is 13.3. The number of carbonyl (C=O) groups is 1. The van der Waals surface area contributed by atoms with Crippen LogP contribution in [-0.2, 0) is 11.3 Å². The molecule has 1 aliphatic rings. The Balaban J connectivity index is 1.57. The normalized spacial score (nSPS) is 15.7. The lowest BCUT2D eigenvalue weighted by atomic mass is 10.1. The number of para-hydroxylation sites is 1. The third-order valence-corrected chi connectivity index (χ3v) is 6.76. The minimum atomic E-state index is -0.0323. The van der Waals surface area contributed by atoms with Crippen LogP contribution in [0.4, 0.5) is 0 Å². The monoisotopic (exact) mass is 512 g/mol. The summed E-state index contributed by atoms with van der Waals surface area (Å²) in [5.74, 6) is 0.821. The molecule has 2 heterocycles. The summed E-state index contributed by atoms with van der Waals surface area (Å²) in [7, 11) is 1.64. The molecule has 174 valence electrons. The van der Waals surface area contributed by atoms with E-state index in [-0.39, 0.29) is 17.5 Å². The van der Waals surface area contributed by atoms with Crippen molar-refractivity contribution in [3.8, 4) is 0 Å². The van der Waals surface area contributed by atoms with E-state index in [2.05, 4.69) is 27.8 Å². The van der Waals surface area contributed by atoms with Crippen LogP contribution in [0.3, 0.4) is 0 Å². The van der Waals surface area contributed by atoms with Crippen molar-refractivity contribution in [2.75, 3.05) is 39.9 Å². The molecule has 8 heteroatoms. The van der Waals surface area contributed by atoms with Crippen molar-refractivity contribution < 1.29 is 9.53 Å². The second-order valence-corrected chi connectivity index (χ2v) is 9.11. The van der Waals surface area contributed by atoms with Gasteiger partial charge in [-0.15, -0.1) is 0 Å². The highest BCUT2D eigenvalue weighted by Crippen LogP contribution is 2.25. The predicted octanol–water partition coefficient (Wildman–Crippen LogP) is 3.71. The van der Waals surface area contributed by atoms with E-state index < -0.39 is 0 Å². The fraction of sp³-hybridized carbons (Fsp3) is 0.400. The number of hydrogen-bond donors (Lipinski definition) is 0. The Bertz CT molecular complexity index is 1170. The minimum Gasteiger partial charge on any atom is -0.383 e. The molecule has 1 aliphatic heterocycles. The number of halogens is 1. The molecule has 0 aliphatic carbocycles. The van der Waals surface area contributed by atoms with E-state index >= 15 is 0 Å². The van der Waals surface area contributed by atoms with Gasteiger partial charge in [0.15, 0.2) is 0 Å². The van der Waals surface area contributed by atoms with Crippen molar-refractivity contribution in [3.63, 3.8) is 0 Å². The van der Waals surface area contributed by atoms with Gasteiger partial charge < -0.3 is 9.64 Å². The fourth-order valence-corrected chi connectivity index (χ4v) is 4.72. The average Bonchev–Trinajstić information content (AvgIpc) is 2.85. The largest absolute Gasteiger partial charge is 0.383 e. The van der Waals surface area contributed by atoms with Crippen LogP contribution in [0.25, 0.3) is 10.9 Å². The molecule has 1 amide bonds. The Kier molecular flexibility index (Phi) is 7.57. The molecular weight excluding hydrogens is 484 g/mol. The third-order valence-electron chi connectivity index (χ3n) is 6.23. The van der Waals surface area contributed by atoms with Crippen LogP contribution in [0.2, 0.25) is 0 Å². The molecule has 2 aromatic carbocycles. The molecular formula is C25H29BrN4O3. The number of piperazine rings is 1. The molecule has 1 aromatic heterocycles. The number of ether oxygens (including phenoxy) is 1. The van der Waals surface area contributed by atoms with Gasteiger partial charge in [-0.2, -0.15) is 0 Å². The zero-order valence-electron chi connectivity index (χ0n) is 19.0. The average molecular weight is 513 g/mol. The van der Waals surface area contributed by atoms with Gasteiger partial charge >= 0.3 is 0 Å². The lowest BCUT2D eigenvalue weighted by Crippen LogP contribution is -2.50. The summed E-state index contributed by atoms with van der Waals surface area (Å²) in [5, 5.41) is 0.622. The molecule has 4 rings (SSSR count). The van der Waals surface area contributed by atoms with Crippen molar-refractivity contribution in [2.24, 2.45) is 0 Å². The van der Waals surface area contributed by atoms with E-state index in [4.69, 9.17) is 9.72 Å². The van der Waals surface area contributed by atoms with Gasteiger partial charge in [-0.1, -0.05) is 35.0 Å². The van der Waals surface area contributed by atoms with Crippen LogP contribution >= 0.6 is 15.9 Å². The highest BCUT2D eigenvalue weighted by Gasteiger charge is 2.29. The molecule has 3 aromatic rings. The Labute approximate surface area is 202 Å². The van der Waals surface area contributed by atoms with Gasteiger partial charge in [-0.3, -0.25) is 19.1 Å². The number of carbonyl (C=O) groups excluding carboxylic acids is 1.